The Morgan fingerprint density at radius 1 is 0.921 bits per heavy atom. The minimum absolute atomic E-state index is 0. The van der Waals surface area contributed by atoms with E-state index in [-0.39, 0.29) is 30.1 Å². The Bertz CT molecular complexity index is 706. The molecule has 1 aliphatic heterocycles. The van der Waals surface area contributed by atoms with E-state index in [1.165, 1.54) is 83.5 Å². The van der Waals surface area contributed by atoms with Crippen molar-refractivity contribution in [1.29, 1.82) is 0 Å². The van der Waals surface area contributed by atoms with E-state index >= 15 is 0 Å². The lowest BCUT2D eigenvalue weighted by atomic mass is 10.0. The third-order valence-electron chi connectivity index (χ3n) is 7.35. The number of aryl methyl sites for hydroxylation is 1. The number of carbonyl (C=O) groups is 1. The van der Waals surface area contributed by atoms with Crippen molar-refractivity contribution in [2.75, 3.05) is 26.4 Å². The zero-order valence-corrected chi connectivity index (χ0v) is 26.4. The number of halogens is 1. The predicted molar refractivity (Wildman–Crippen MR) is 149 cm³/mol. The molecule has 6 nitrogen and oxygen atoms in total. The highest BCUT2D eigenvalue weighted by molar-refractivity contribution is 5.67. The first-order valence-electron chi connectivity index (χ1n) is 15.3. The number of carbonyl (C=O) groups excluding carboxylic acids is 1. The molecule has 1 aromatic heterocycles. The second-order valence-electron chi connectivity index (χ2n) is 10.7. The lowest BCUT2D eigenvalue weighted by Gasteiger charge is -2.11. The highest BCUT2D eigenvalue weighted by atomic mass is 127. The van der Waals surface area contributed by atoms with Crippen molar-refractivity contribution >= 4 is 6.09 Å². The first kappa shape index (κ1) is 35.1. The number of rotatable bonds is 22. The van der Waals surface area contributed by atoms with Gasteiger partial charge in [-0.1, -0.05) is 96.5 Å². The van der Waals surface area contributed by atoms with Crippen LogP contribution in [0.3, 0.4) is 0 Å². The largest absolute Gasteiger partial charge is 1.00 e. The van der Waals surface area contributed by atoms with E-state index in [0.29, 0.717) is 25.7 Å². The molecule has 1 N–H and O–H groups in total. The van der Waals surface area contributed by atoms with Crippen LogP contribution in [0.15, 0.2) is 24.4 Å². The van der Waals surface area contributed by atoms with Gasteiger partial charge >= 0.3 is 6.09 Å². The fourth-order valence-electron chi connectivity index (χ4n) is 5.02. The van der Waals surface area contributed by atoms with Crippen LogP contribution >= 0.6 is 0 Å². The third kappa shape index (κ3) is 16.9. The molecule has 0 spiro atoms. The molecular formula is C31H55IN2O4. The van der Waals surface area contributed by atoms with Gasteiger partial charge in [0.25, 0.3) is 0 Å². The Morgan fingerprint density at radius 2 is 1.55 bits per heavy atom. The van der Waals surface area contributed by atoms with Gasteiger partial charge in [0.1, 0.15) is 19.7 Å². The molecule has 2 atom stereocenters. The number of amides is 1. The third-order valence-corrected chi connectivity index (χ3v) is 7.35. The SMILES string of the molecule is CCCCCCCCCCCCCCCCOC[C@@H]1CO[C@@H](COC(=O)NCc2cccc[n+]2CC)C1.[I-]. The summed E-state index contributed by atoms with van der Waals surface area (Å²) in [5, 5.41) is 2.83. The van der Waals surface area contributed by atoms with Crippen LogP contribution in [-0.4, -0.2) is 38.6 Å². The zero-order valence-electron chi connectivity index (χ0n) is 24.3. The van der Waals surface area contributed by atoms with Crippen molar-refractivity contribution in [3.05, 3.63) is 30.1 Å². The summed E-state index contributed by atoms with van der Waals surface area (Å²) in [5.41, 5.74) is 1.05. The predicted octanol–water partition coefficient (Wildman–Crippen LogP) is 4.13. The van der Waals surface area contributed by atoms with Gasteiger partial charge in [-0.15, -0.1) is 0 Å². The zero-order chi connectivity index (χ0) is 26.4. The molecule has 220 valence electrons. The first-order valence-corrected chi connectivity index (χ1v) is 15.3. The van der Waals surface area contributed by atoms with Gasteiger partial charge in [-0.25, -0.2) is 9.36 Å². The van der Waals surface area contributed by atoms with Gasteiger partial charge in [0, 0.05) is 24.7 Å². The van der Waals surface area contributed by atoms with E-state index < -0.39 is 6.09 Å². The second kappa shape index (κ2) is 23.9. The van der Waals surface area contributed by atoms with E-state index in [1.54, 1.807) is 0 Å². The van der Waals surface area contributed by atoms with E-state index in [1.807, 2.05) is 24.4 Å². The molecule has 1 aliphatic rings. The van der Waals surface area contributed by atoms with Crippen LogP contribution < -0.4 is 33.9 Å². The fraction of sp³-hybridized carbons (Fsp3) is 0.806. The summed E-state index contributed by atoms with van der Waals surface area (Å²) in [6.07, 6.45) is 21.7. The summed E-state index contributed by atoms with van der Waals surface area (Å²) < 4.78 is 19.2. The van der Waals surface area contributed by atoms with Gasteiger partial charge < -0.3 is 43.5 Å². The molecule has 0 unspecified atom stereocenters. The summed E-state index contributed by atoms with van der Waals surface area (Å²) in [4.78, 5) is 12.1. The number of nitrogens with one attached hydrogen (secondary N) is 1. The smallest absolute Gasteiger partial charge is 0.407 e. The minimum Gasteiger partial charge on any atom is -1.00 e. The lowest BCUT2D eigenvalue weighted by molar-refractivity contribution is -0.701. The quantitative estimate of drug-likeness (QED) is 0.117. The maximum absolute atomic E-state index is 12.1. The van der Waals surface area contributed by atoms with E-state index in [2.05, 4.69) is 23.7 Å². The Labute approximate surface area is 250 Å². The topological polar surface area (TPSA) is 60.7 Å². The lowest BCUT2D eigenvalue weighted by Crippen LogP contribution is -3.00. The molecule has 0 saturated carbocycles. The average Bonchev–Trinajstić information content (AvgIpc) is 3.38. The number of unbranched alkanes of at least 4 members (excludes halogenated alkanes) is 13. The number of pyridine rings is 1. The van der Waals surface area contributed by atoms with Crippen molar-refractivity contribution in [3.8, 4) is 0 Å². The molecular weight excluding hydrogens is 591 g/mol. The first-order chi connectivity index (χ1) is 18.2. The Balaban J connectivity index is 0.00000722. The molecule has 1 aromatic rings. The summed E-state index contributed by atoms with van der Waals surface area (Å²) >= 11 is 0. The summed E-state index contributed by atoms with van der Waals surface area (Å²) in [5.74, 6) is 0.399. The number of alkyl carbamates (subject to hydrolysis) is 1. The maximum Gasteiger partial charge on any atom is 0.407 e. The van der Waals surface area contributed by atoms with Crippen LogP contribution in [0.5, 0.6) is 0 Å². The van der Waals surface area contributed by atoms with Crippen molar-refractivity contribution in [1.82, 2.24) is 5.32 Å². The van der Waals surface area contributed by atoms with E-state index in [9.17, 15) is 4.79 Å². The standard InChI is InChI=1S/C31H54N2O4.HI/c1-3-5-6-7-8-9-10-11-12-13-14-15-16-19-22-35-25-28-23-30(36-26-28)27-37-31(34)32-24-29-20-17-18-21-33(29)4-2;/h17-18,20-21,28,30H,3-16,19,22-27H2,1-2H3;1H/t28-,30-;/m1./s1. The van der Waals surface area contributed by atoms with Gasteiger partial charge in [-0.05, 0) is 19.8 Å². The van der Waals surface area contributed by atoms with Crippen LogP contribution in [0.25, 0.3) is 0 Å². The van der Waals surface area contributed by atoms with Crippen molar-refractivity contribution < 1.29 is 47.5 Å². The molecule has 2 rings (SSSR count). The minimum atomic E-state index is -0.396. The van der Waals surface area contributed by atoms with Gasteiger partial charge in [-0.3, -0.25) is 0 Å². The normalized spacial score (nSPS) is 16.8. The van der Waals surface area contributed by atoms with Crippen LogP contribution in [0.1, 0.15) is 116 Å². The second-order valence-corrected chi connectivity index (χ2v) is 10.7. The molecule has 0 aliphatic carbocycles. The van der Waals surface area contributed by atoms with Gasteiger partial charge in [-0.2, -0.15) is 0 Å². The van der Waals surface area contributed by atoms with Crippen LogP contribution in [0.4, 0.5) is 4.79 Å². The monoisotopic (exact) mass is 646 g/mol. The Morgan fingerprint density at radius 3 is 2.18 bits per heavy atom. The van der Waals surface area contributed by atoms with Crippen molar-refractivity contribution in [3.63, 3.8) is 0 Å². The molecule has 1 saturated heterocycles. The summed E-state index contributed by atoms with van der Waals surface area (Å²) in [6, 6.07) is 5.97. The summed E-state index contributed by atoms with van der Waals surface area (Å²) in [7, 11) is 0. The van der Waals surface area contributed by atoms with Gasteiger partial charge in [0.15, 0.2) is 6.20 Å². The number of nitrogens with zero attached hydrogens (tertiary/aromatic N) is 1. The number of ether oxygens (including phenoxy) is 3. The van der Waals surface area contributed by atoms with Gasteiger partial charge in [0.05, 0.1) is 19.3 Å². The highest BCUT2D eigenvalue weighted by Crippen LogP contribution is 2.20. The molecule has 0 bridgehead atoms. The molecule has 0 aromatic carbocycles. The molecule has 1 fully saturated rings. The van der Waals surface area contributed by atoms with Crippen LogP contribution in [-0.2, 0) is 27.3 Å². The number of hydrogen-bond acceptors (Lipinski definition) is 4. The van der Waals surface area contributed by atoms with Crippen molar-refractivity contribution in [2.45, 2.75) is 129 Å². The maximum atomic E-state index is 12.1. The Kier molecular flexibility index (Phi) is 22.1. The van der Waals surface area contributed by atoms with E-state index in [4.69, 9.17) is 14.2 Å². The van der Waals surface area contributed by atoms with E-state index in [0.717, 1.165) is 38.3 Å². The Hall–Kier alpha value is -0.930. The molecule has 2 heterocycles. The molecule has 7 heteroatoms. The average molecular weight is 647 g/mol. The molecule has 0 radical (unpaired) electrons. The van der Waals surface area contributed by atoms with Crippen LogP contribution in [0, 0.1) is 5.92 Å². The highest BCUT2D eigenvalue weighted by Gasteiger charge is 2.26. The summed E-state index contributed by atoms with van der Waals surface area (Å²) in [6.45, 7) is 8.26. The van der Waals surface area contributed by atoms with Crippen molar-refractivity contribution in [2.24, 2.45) is 5.92 Å². The molecule has 1 amide bonds. The van der Waals surface area contributed by atoms with Crippen LogP contribution in [0.2, 0.25) is 0 Å². The number of aromatic nitrogens is 1. The van der Waals surface area contributed by atoms with Gasteiger partial charge in [0.2, 0.25) is 5.69 Å². The molecule has 38 heavy (non-hydrogen) atoms. The fourth-order valence-corrected chi connectivity index (χ4v) is 5.02. The number of hydrogen-bond donors (Lipinski definition) is 1.